The second-order valence-electron chi connectivity index (χ2n) is 5.73. The number of ether oxygens (including phenoxy) is 2. The van der Waals surface area contributed by atoms with Gasteiger partial charge in [0, 0.05) is 12.6 Å². The van der Waals surface area contributed by atoms with Gasteiger partial charge in [-0.15, -0.1) is 0 Å². The molecule has 1 aromatic heterocycles. The predicted molar refractivity (Wildman–Crippen MR) is 98.8 cm³/mol. The fraction of sp³-hybridized carbons (Fsp3) is 0.250. The highest BCUT2D eigenvalue weighted by Crippen LogP contribution is 2.42. The molecule has 0 radical (unpaired) electrons. The van der Waals surface area contributed by atoms with Crippen molar-refractivity contribution < 1.29 is 31.9 Å². The molecule has 0 aliphatic carbocycles. The Morgan fingerprint density at radius 2 is 1.83 bits per heavy atom. The van der Waals surface area contributed by atoms with E-state index in [-0.39, 0.29) is 28.1 Å². The summed E-state index contributed by atoms with van der Waals surface area (Å²) in [5.41, 5.74) is 0.578. The number of benzene rings is 1. The van der Waals surface area contributed by atoms with Crippen LogP contribution in [0.5, 0.6) is 5.75 Å². The number of alkyl halides is 3. The summed E-state index contributed by atoms with van der Waals surface area (Å²) >= 11 is 11.9. The lowest BCUT2D eigenvalue weighted by Crippen LogP contribution is -2.40. The average molecular weight is 470 g/mol. The number of nitrogens with zero attached hydrogens (tertiary/aromatic N) is 4. The van der Waals surface area contributed by atoms with Crippen LogP contribution in [0.3, 0.4) is 0 Å². The Balaban J connectivity index is 2.01. The molecule has 0 saturated carbocycles. The molecule has 162 valence electrons. The van der Waals surface area contributed by atoms with Gasteiger partial charge in [0.15, 0.2) is 11.4 Å². The highest BCUT2D eigenvalue weighted by atomic mass is 35.5. The predicted octanol–water partition coefficient (Wildman–Crippen LogP) is 4.11. The summed E-state index contributed by atoms with van der Waals surface area (Å²) in [6.07, 6.45) is -3.37. The molecule has 0 spiro atoms. The molecule has 0 amide bonds. The molecule has 0 fully saturated rings. The lowest BCUT2D eigenvalue weighted by molar-refractivity contribution is -0.143. The van der Waals surface area contributed by atoms with Gasteiger partial charge in [0.1, 0.15) is 11.5 Å². The fourth-order valence-electron chi connectivity index (χ4n) is 2.48. The maximum atomic E-state index is 14.5. The summed E-state index contributed by atoms with van der Waals surface area (Å²) in [5, 5.41) is 7.47. The number of rotatable bonds is 4. The molecule has 0 bridgehead atoms. The maximum Gasteiger partial charge on any atom is 0.434 e. The SMILES string of the molecule is COC1=CC(OC)=NN(Oc2cc(-c3nn(C)c(C(F)(F)F)c3Cl)c(F)cc2Cl)N1. The number of nitrogens with one attached hydrogen (secondary N) is 1. The van der Waals surface area contributed by atoms with E-state index in [4.69, 9.17) is 37.5 Å². The maximum absolute atomic E-state index is 14.5. The van der Waals surface area contributed by atoms with E-state index in [2.05, 4.69) is 15.6 Å². The summed E-state index contributed by atoms with van der Waals surface area (Å²) in [6, 6.07) is 1.89. The van der Waals surface area contributed by atoms with Gasteiger partial charge in [-0.3, -0.25) is 4.68 Å². The highest BCUT2D eigenvalue weighted by molar-refractivity contribution is 6.34. The molecular weight excluding hydrogens is 457 g/mol. The molecule has 0 atom stereocenters. The molecule has 14 heteroatoms. The topological polar surface area (TPSA) is 73.1 Å². The van der Waals surface area contributed by atoms with Crippen LogP contribution in [-0.2, 0) is 22.7 Å². The Hall–Kier alpha value is -2.86. The number of hydrazine groups is 1. The Labute approximate surface area is 177 Å². The van der Waals surface area contributed by atoms with Crippen LogP contribution in [0, 0.1) is 5.82 Å². The van der Waals surface area contributed by atoms with Gasteiger partial charge in [-0.25, -0.2) is 9.82 Å². The van der Waals surface area contributed by atoms with Crippen molar-refractivity contribution in [2.45, 2.75) is 6.18 Å². The largest absolute Gasteiger partial charge is 0.481 e. The van der Waals surface area contributed by atoms with Crippen molar-refractivity contribution >= 4 is 29.1 Å². The molecule has 1 aliphatic rings. The summed E-state index contributed by atoms with van der Waals surface area (Å²) in [6.45, 7) is 0. The van der Waals surface area contributed by atoms with Crippen LogP contribution in [0.2, 0.25) is 10.0 Å². The lowest BCUT2D eigenvalue weighted by Gasteiger charge is -2.24. The van der Waals surface area contributed by atoms with Crippen LogP contribution >= 0.6 is 23.2 Å². The van der Waals surface area contributed by atoms with E-state index in [0.29, 0.717) is 4.68 Å². The van der Waals surface area contributed by atoms with E-state index >= 15 is 0 Å². The molecule has 8 nitrogen and oxygen atoms in total. The fourth-order valence-corrected chi connectivity index (χ4v) is 3.04. The van der Waals surface area contributed by atoms with Crippen LogP contribution in [0.1, 0.15) is 5.69 Å². The second-order valence-corrected chi connectivity index (χ2v) is 6.51. The molecular formula is C16H13Cl2F4N5O3. The van der Waals surface area contributed by atoms with Gasteiger partial charge in [0.05, 0.1) is 30.3 Å². The minimum Gasteiger partial charge on any atom is -0.481 e. The van der Waals surface area contributed by atoms with Crippen LogP contribution in [0.15, 0.2) is 29.2 Å². The quantitative estimate of drug-likeness (QED) is 0.679. The monoisotopic (exact) mass is 469 g/mol. The van der Waals surface area contributed by atoms with Crippen LogP contribution < -0.4 is 10.3 Å². The van der Waals surface area contributed by atoms with E-state index in [1.54, 1.807) is 0 Å². The molecule has 2 aromatic rings. The zero-order valence-corrected chi connectivity index (χ0v) is 17.0. The average Bonchev–Trinajstić information content (AvgIpc) is 2.97. The van der Waals surface area contributed by atoms with Crippen molar-refractivity contribution in [2.75, 3.05) is 14.2 Å². The summed E-state index contributed by atoms with van der Waals surface area (Å²) in [5.74, 6) is -0.812. The molecule has 0 saturated heterocycles. The first-order chi connectivity index (χ1) is 14.0. The molecule has 1 aromatic carbocycles. The van der Waals surface area contributed by atoms with Crippen LogP contribution in [0.25, 0.3) is 11.3 Å². The highest BCUT2D eigenvalue weighted by Gasteiger charge is 2.39. The van der Waals surface area contributed by atoms with Crippen LogP contribution in [0.4, 0.5) is 17.6 Å². The summed E-state index contributed by atoms with van der Waals surface area (Å²) in [7, 11) is 3.77. The normalized spacial score (nSPS) is 14.1. The zero-order valence-electron chi connectivity index (χ0n) is 15.5. The van der Waals surface area contributed by atoms with Crippen molar-refractivity contribution in [1.82, 2.24) is 20.5 Å². The molecule has 0 unspecified atom stereocenters. The molecule has 30 heavy (non-hydrogen) atoms. The summed E-state index contributed by atoms with van der Waals surface area (Å²) in [4.78, 5) is 5.45. The van der Waals surface area contributed by atoms with Gasteiger partial charge in [0.25, 0.3) is 0 Å². The van der Waals surface area contributed by atoms with Gasteiger partial charge in [-0.2, -0.15) is 18.3 Å². The number of methoxy groups -OCH3 is 2. The Morgan fingerprint density at radius 3 is 2.40 bits per heavy atom. The van der Waals surface area contributed by atoms with E-state index in [9.17, 15) is 17.6 Å². The van der Waals surface area contributed by atoms with E-state index in [0.717, 1.165) is 24.5 Å². The van der Waals surface area contributed by atoms with Gasteiger partial charge in [-0.05, 0) is 17.4 Å². The number of hydrogen-bond acceptors (Lipinski definition) is 7. The van der Waals surface area contributed by atoms with E-state index < -0.39 is 28.4 Å². The third-order valence-corrected chi connectivity index (χ3v) is 4.45. The minimum absolute atomic E-state index is 0.103. The first kappa shape index (κ1) is 21.8. The number of hydrazone groups is 1. The lowest BCUT2D eigenvalue weighted by atomic mass is 10.1. The van der Waals surface area contributed by atoms with Crippen molar-refractivity contribution in [2.24, 2.45) is 12.1 Å². The van der Waals surface area contributed by atoms with E-state index in [1.807, 2.05) is 0 Å². The zero-order chi connectivity index (χ0) is 22.2. The Kier molecular flexibility index (Phi) is 5.90. The minimum atomic E-state index is -4.79. The third-order valence-electron chi connectivity index (χ3n) is 3.80. The second kappa shape index (κ2) is 8.11. The Bertz CT molecular complexity index is 1040. The molecule has 3 rings (SSSR count). The van der Waals surface area contributed by atoms with Crippen LogP contribution in [-0.4, -0.2) is 35.2 Å². The Morgan fingerprint density at radius 1 is 1.13 bits per heavy atom. The van der Waals surface area contributed by atoms with Gasteiger partial charge < -0.3 is 14.3 Å². The van der Waals surface area contributed by atoms with Crippen molar-refractivity contribution in [3.63, 3.8) is 0 Å². The van der Waals surface area contributed by atoms with Gasteiger partial charge in [-0.1, -0.05) is 28.3 Å². The molecule has 1 N–H and O–H groups in total. The first-order valence-corrected chi connectivity index (χ1v) is 8.72. The van der Waals surface area contributed by atoms with E-state index in [1.165, 1.54) is 20.3 Å². The van der Waals surface area contributed by atoms with Gasteiger partial charge >= 0.3 is 6.18 Å². The van der Waals surface area contributed by atoms with Crippen molar-refractivity contribution in [1.29, 1.82) is 0 Å². The van der Waals surface area contributed by atoms with Gasteiger partial charge in [0.2, 0.25) is 11.8 Å². The third kappa shape index (κ3) is 4.19. The van der Waals surface area contributed by atoms with Crippen molar-refractivity contribution in [3.05, 3.63) is 45.6 Å². The summed E-state index contributed by atoms with van der Waals surface area (Å²) < 4.78 is 64.6. The number of aryl methyl sites for hydroxylation is 1. The standard InChI is InChI=1S/C16H13Cl2F4N5O3/c1-26-15(16(20,21)22)13(18)14(25-26)7-4-10(8(17)5-9(7)19)30-27-23-11(28-2)6-12(24-27)29-3/h4-6,23H,1-3H3. The molecule has 1 aliphatic heterocycles. The number of halogens is 6. The number of hydrogen-bond donors (Lipinski definition) is 1. The smallest absolute Gasteiger partial charge is 0.434 e. The molecule has 2 heterocycles. The number of aromatic nitrogens is 2. The van der Waals surface area contributed by atoms with Crippen molar-refractivity contribution in [3.8, 4) is 17.0 Å². The first-order valence-electron chi connectivity index (χ1n) is 7.97.